The third-order valence-corrected chi connectivity index (χ3v) is 5.16. The average Bonchev–Trinajstić information content (AvgIpc) is 3.14. The lowest BCUT2D eigenvalue weighted by molar-refractivity contribution is -0.120. The third kappa shape index (κ3) is 2.84. The molecule has 0 saturated carbocycles. The van der Waals surface area contributed by atoms with E-state index in [1.54, 1.807) is 18.2 Å². The van der Waals surface area contributed by atoms with Gasteiger partial charge in [0.1, 0.15) is 24.8 Å². The molecule has 2 fully saturated rings. The van der Waals surface area contributed by atoms with Gasteiger partial charge >= 0.3 is 0 Å². The minimum Gasteiger partial charge on any atom is -0.345 e. The second kappa shape index (κ2) is 6.25. The predicted molar refractivity (Wildman–Crippen MR) is 93.2 cm³/mol. The van der Waals surface area contributed by atoms with E-state index in [9.17, 15) is 9.18 Å². The molecule has 1 aromatic carbocycles. The number of benzene rings is 1. The molecule has 3 aliphatic rings. The van der Waals surface area contributed by atoms with E-state index in [4.69, 9.17) is 21.7 Å². The second-order valence-electron chi connectivity index (χ2n) is 5.40. The van der Waals surface area contributed by atoms with Crippen LogP contribution in [0, 0.1) is 5.82 Å². The van der Waals surface area contributed by atoms with Gasteiger partial charge in [-0.3, -0.25) is 9.69 Å². The summed E-state index contributed by atoms with van der Waals surface area (Å²) in [7, 11) is 0. The molecule has 2 heterocycles. The van der Waals surface area contributed by atoms with E-state index < -0.39 is 0 Å². The van der Waals surface area contributed by atoms with Crippen molar-refractivity contribution < 1.29 is 18.7 Å². The maximum Gasteiger partial charge on any atom is 0.270 e. The number of amides is 1. The molecule has 0 spiro atoms. The van der Waals surface area contributed by atoms with Crippen LogP contribution >= 0.6 is 24.0 Å². The van der Waals surface area contributed by atoms with Crippen LogP contribution in [-0.4, -0.2) is 34.1 Å². The van der Waals surface area contributed by atoms with E-state index >= 15 is 0 Å². The fraction of sp³-hybridized carbons (Fsp3) is 0.176. The Balaban J connectivity index is 1.60. The first-order chi connectivity index (χ1) is 11.6. The molecule has 0 radical (unpaired) electrons. The molecule has 0 aromatic heterocycles. The Morgan fingerprint density at radius 2 is 2.00 bits per heavy atom. The normalized spacial score (nSPS) is 27.8. The van der Waals surface area contributed by atoms with Crippen molar-refractivity contribution in [3.05, 3.63) is 64.5 Å². The molecule has 0 bridgehead atoms. The Labute approximate surface area is 147 Å². The lowest BCUT2D eigenvalue weighted by Gasteiger charge is -2.22. The number of rotatable bonds is 2. The Morgan fingerprint density at radius 1 is 1.25 bits per heavy atom. The van der Waals surface area contributed by atoms with Gasteiger partial charge in [-0.2, -0.15) is 0 Å². The summed E-state index contributed by atoms with van der Waals surface area (Å²) in [6.45, 7) is 0.242. The zero-order valence-electron chi connectivity index (χ0n) is 12.3. The maximum absolute atomic E-state index is 13.0. The van der Waals surface area contributed by atoms with Gasteiger partial charge in [0, 0.05) is 5.70 Å². The molecule has 1 amide bonds. The van der Waals surface area contributed by atoms with Gasteiger partial charge in [0.05, 0.1) is 4.91 Å². The minimum atomic E-state index is -0.314. The van der Waals surface area contributed by atoms with Gasteiger partial charge in [-0.1, -0.05) is 42.2 Å². The molecule has 4 nitrogen and oxygen atoms in total. The summed E-state index contributed by atoms with van der Waals surface area (Å²) in [5.41, 5.74) is 1.43. The van der Waals surface area contributed by atoms with Crippen molar-refractivity contribution in [2.24, 2.45) is 0 Å². The molecular weight excluding hydrogens is 349 g/mol. The van der Waals surface area contributed by atoms with E-state index in [2.05, 4.69) is 0 Å². The zero-order valence-corrected chi connectivity index (χ0v) is 14.0. The van der Waals surface area contributed by atoms with Crippen molar-refractivity contribution in [3.8, 4) is 0 Å². The summed E-state index contributed by atoms with van der Waals surface area (Å²) >= 11 is 6.58. The summed E-state index contributed by atoms with van der Waals surface area (Å²) in [5, 5.41) is 0. The van der Waals surface area contributed by atoms with Gasteiger partial charge < -0.3 is 9.47 Å². The Hall–Kier alpha value is -1.80. The van der Waals surface area contributed by atoms with E-state index in [0.29, 0.717) is 14.9 Å². The lowest BCUT2D eigenvalue weighted by atomic mass is 10.1. The van der Waals surface area contributed by atoms with E-state index in [0.717, 1.165) is 5.56 Å². The highest BCUT2D eigenvalue weighted by Gasteiger charge is 2.37. The van der Waals surface area contributed by atoms with Crippen molar-refractivity contribution in [3.63, 3.8) is 0 Å². The summed E-state index contributed by atoms with van der Waals surface area (Å²) in [6.07, 6.45) is 6.95. The monoisotopic (exact) mass is 361 g/mol. The summed E-state index contributed by atoms with van der Waals surface area (Å²) in [4.78, 5) is 14.7. The molecule has 2 aliphatic heterocycles. The van der Waals surface area contributed by atoms with E-state index in [1.807, 2.05) is 18.2 Å². The number of carbonyl (C=O) groups excluding carboxylic acids is 1. The number of hydrogen-bond donors (Lipinski definition) is 0. The third-order valence-electron chi connectivity index (χ3n) is 3.86. The molecule has 122 valence electrons. The minimum absolute atomic E-state index is 0.109. The Kier molecular flexibility index (Phi) is 4.09. The van der Waals surface area contributed by atoms with Gasteiger partial charge in [0.15, 0.2) is 4.32 Å². The highest BCUT2D eigenvalue weighted by molar-refractivity contribution is 8.26. The summed E-state index contributed by atoms with van der Waals surface area (Å²) < 4.78 is 24.3. The van der Waals surface area contributed by atoms with Crippen molar-refractivity contribution in [2.75, 3.05) is 6.79 Å². The molecule has 24 heavy (non-hydrogen) atoms. The Bertz CT molecular complexity index is 801. The fourth-order valence-electron chi connectivity index (χ4n) is 2.66. The predicted octanol–water partition coefficient (Wildman–Crippen LogP) is 3.22. The first kappa shape index (κ1) is 15.7. The highest BCUT2D eigenvalue weighted by atomic mass is 32.2. The summed E-state index contributed by atoms with van der Waals surface area (Å²) in [6, 6.07) is 5.96. The van der Waals surface area contributed by atoms with Gasteiger partial charge in [-0.25, -0.2) is 4.39 Å². The maximum atomic E-state index is 13.0. The van der Waals surface area contributed by atoms with Crippen LogP contribution in [0.2, 0.25) is 0 Å². The molecule has 1 aliphatic carbocycles. The Morgan fingerprint density at radius 3 is 2.79 bits per heavy atom. The molecule has 4 rings (SSSR count). The van der Waals surface area contributed by atoms with Crippen LogP contribution in [0.25, 0.3) is 6.08 Å². The van der Waals surface area contributed by atoms with Gasteiger partial charge in [0.2, 0.25) is 0 Å². The molecule has 7 heteroatoms. The number of carbonyl (C=O) groups is 1. The largest absolute Gasteiger partial charge is 0.345 e. The van der Waals surface area contributed by atoms with Crippen molar-refractivity contribution in [1.29, 1.82) is 0 Å². The topological polar surface area (TPSA) is 38.8 Å². The molecule has 2 atom stereocenters. The number of allylic oxidation sites excluding steroid dienone is 1. The average molecular weight is 361 g/mol. The molecule has 2 saturated heterocycles. The number of thiocarbonyl (C=S) groups is 1. The van der Waals surface area contributed by atoms with Crippen LogP contribution in [0.1, 0.15) is 5.56 Å². The SMILES string of the molecule is O=C1/C(=C/c2ccc(F)cc2)SC(=S)N1C1=C[C@H]2OCO[C@H]2C=C1. The van der Waals surface area contributed by atoms with Gasteiger partial charge in [-0.05, 0) is 35.9 Å². The number of halogens is 1. The van der Waals surface area contributed by atoms with Gasteiger partial charge in [-0.15, -0.1) is 0 Å². The van der Waals surface area contributed by atoms with Crippen molar-refractivity contribution >= 4 is 40.3 Å². The van der Waals surface area contributed by atoms with Gasteiger partial charge in [0.25, 0.3) is 5.91 Å². The van der Waals surface area contributed by atoms with Crippen LogP contribution in [0.15, 0.2) is 53.1 Å². The van der Waals surface area contributed by atoms with Crippen molar-refractivity contribution in [1.82, 2.24) is 4.90 Å². The van der Waals surface area contributed by atoms with Crippen LogP contribution in [0.3, 0.4) is 0 Å². The molecular formula is C17H12FNO3S2. The first-order valence-electron chi connectivity index (χ1n) is 7.28. The number of fused-ring (bicyclic) bond motifs is 1. The van der Waals surface area contributed by atoms with Crippen LogP contribution in [0.4, 0.5) is 4.39 Å². The van der Waals surface area contributed by atoms with E-state index in [1.165, 1.54) is 28.8 Å². The molecule has 0 unspecified atom stereocenters. The quantitative estimate of drug-likeness (QED) is 0.597. The highest BCUT2D eigenvalue weighted by Crippen LogP contribution is 2.37. The van der Waals surface area contributed by atoms with E-state index in [-0.39, 0.29) is 30.7 Å². The van der Waals surface area contributed by atoms with Crippen molar-refractivity contribution in [2.45, 2.75) is 12.2 Å². The fourth-order valence-corrected chi connectivity index (χ4v) is 3.96. The van der Waals surface area contributed by atoms with Crippen LogP contribution in [0.5, 0.6) is 0 Å². The van der Waals surface area contributed by atoms with Crippen LogP contribution in [-0.2, 0) is 14.3 Å². The zero-order chi connectivity index (χ0) is 16.7. The number of nitrogens with zero attached hydrogens (tertiary/aromatic N) is 1. The molecule has 1 aromatic rings. The molecule has 0 N–H and O–H groups in total. The number of thioether (sulfide) groups is 1. The first-order valence-corrected chi connectivity index (χ1v) is 8.51. The lowest BCUT2D eigenvalue weighted by Crippen LogP contribution is -2.31. The second-order valence-corrected chi connectivity index (χ2v) is 7.08. The summed E-state index contributed by atoms with van der Waals surface area (Å²) in [5.74, 6) is -0.506. The van der Waals surface area contributed by atoms with Crippen LogP contribution < -0.4 is 0 Å². The number of hydrogen-bond acceptors (Lipinski definition) is 5. The smallest absolute Gasteiger partial charge is 0.270 e. The number of ether oxygens (including phenoxy) is 2. The standard InChI is InChI=1S/C17H12FNO3S2/c18-11-3-1-10(2-4-11)7-15-16(20)19(17(23)24-15)12-5-6-13-14(8-12)22-9-21-13/h1-8,13-14H,9H2/b15-7-/t13-,14+/m0/s1.